The van der Waals surface area contributed by atoms with Gasteiger partial charge in [-0.1, -0.05) is 30.3 Å². The van der Waals surface area contributed by atoms with Crippen LogP contribution in [-0.4, -0.2) is 16.9 Å². The number of nitrogens with one attached hydrogen (secondary N) is 1. The summed E-state index contributed by atoms with van der Waals surface area (Å²) in [6.45, 7) is 0. The minimum absolute atomic E-state index is 0.0198. The van der Waals surface area contributed by atoms with Crippen LogP contribution in [0.25, 0.3) is 0 Å². The summed E-state index contributed by atoms with van der Waals surface area (Å²) in [4.78, 5) is 16.5. The molecule has 102 valence electrons. The predicted octanol–water partition coefficient (Wildman–Crippen LogP) is 2.95. The third-order valence-corrected chi connectivity index (χ3v) is 3.75. The molecular weight excluding hydrogens is 248 g/mol. The van der Waals surface area contributed by atoms with Gasteiger partial charge in [-0.15, -0.1) is 0 Å². The SMILES string of the molecule is O=C(NC1CCC1)c1ccnc(Cc2ccccc2)c1. The summed E-state index contributed by atoms with van der Waals surface area (Å²) in [6.07, 6.45) is 5.90. The highest BCUT2D eigenvalue weighted by Gasteiger charge is 2.20. The average Bonchev–Trinajstić information content (AvgIpc) is 2.44. The summed E-state index contributed by atoms with van der Waals surface area (Å²) in [7, 11) is 0. The highest BCUT2D eigenvalue weighted by Crippen LogP contribution is 2.18. The minimum Gasteiger partial charge on any atom is -0.349 e. The van der Waals surface area contributed by atoms with E-state index >= 15 is 0 Å². The van der Waals surface area contributed by atoms with Crippen molar-refractivity contribution < 1.29 is 4.79 Å². The quantitative estimate of drug-likeness (QED) is 0.924. The zero-order valence-corrected chi connectivity index (χ0v) is 11.4. The minimum atomic E-state index is 0.0198. The zero-order valence-electron chi connectivity index (χ0n) is 11.4. The number of carbonyl (C=O) groups excluding carboxylic acids is 1. The summed E-state index contributed by atoms with van der Waals surface area (Å²) in [5.74, 6) is 0.0198. The number of nitrogens with zero attached hydrogens (tertiary/aromatic N) is 1. The van der Waals surface area contributed by atoms with E-state index in [9.17, 15) is 4.79 Å². The van der Waals surface area contributed by atoms with E-state index in [1.807, 2.05) is 24.3 Å². The van der Waals surface area contributed by atoms with Gasteiger partial charge >= 0.3 is 0 Å². The normalized spacial score (nSPS) is 14.6. The largest absolute Gasteiger partial charge is 0.349 e. The molecule has 0 bridgehead atoms. The third kappa shape index (κ3) is 3.05. The Labute approximate surface area is 119 Å². The summed E-state index contributed by atoms with van der Waals surface area (Å²) in [5, 5.41) is 3.06. The molecule has 0 saturated heterocycles. The fourth-order valence-corrected chi connectivity index (χ4v) is 2.34. The number of benzene rings is 1. The van der Waals surface area contributed by atoms with E-state index in [0.717, 1.165) is 25.0 Å². The molecular formula is C17H18N2O. The summed E-state index contributed by atoms with van der Waals surface area (Å²) in [6, 6.07) is 14.2. The second-order valence-corrected chi connectivity index (χ2v) is 5.30. The molecule has 3 nitrogen and oxygen atoms in total. The molecule has 0 unspecified atom stereocenters. The summed E-state index contributed by atoms with van der Waals surface area (Å²) < 4.78 is 0. The predicted molar refractivity (Wildman–Crippen MR) is 78.6 cm³/mol. The maximum absolute atomic E-state index is 12.1. The van der Waals surface area contributed by atoms with Gasteiger partial charge in [0.05, 0.1) is 0 Å². The Morgan fingerprint density at radius 3 is 2.70 bits per heavy atom. The van der Waals surface area contributed by atoms with E-state index in [4.69, 9.17) is 0 Å². The number of aromatic nitrogens is 1. The van der Waals surface area contributed by atoms with Crippen LogP contribution < -0.4 is 5.32 Å². The van der Waals surface area contributed by atoms with Crippen LogP contribution in [0.5, 0.6) is 0 Å². The highest BCUT2D eigenvalue weighted by atomic mass is 16.1. The van der Waals surface area contributed by atoms with E-state index in [-0.39, 0.29) is 5.91 Å². The monoisotopic (exact) mass is 266 g/mol. The van der Waals surface area contributed by atoms with E-state index in [1.165, 1.54) is 12.0 Å². The number of pyridine rings is 1. The van der Waals surface area contributed by atoms with Gasteiger partial charge in [0.25, 0.3) is 5.91 Å². The Morgan fingerprint density at radius 2 is 2.00 bits per heavy atom. The maximum atomic E-state index is 12.1. The number of hydrogen-bond donors (Lipinski definition) is 1. The van der Waals surface area contributed by atoms with E-state index in [2.05, 4.69) is 22.4 Å². The van der Waals surface area contributed by atoms with Gasteiger partial charge in [0.15, 0.2) is 0 Å². The van der Waals surface area contributed by atoms with Gasteiger partial charge in [-0.2, -0.15) is 0 Å². The van der Waals surface area contributed by atoms with Gasteiger partial charge in [0.2, 0.25) is 0 Å². The molecule has 1 aliphatic carbocycles. The Morgan fingerprint density at radius 1 is 1.20 bits per heavy atom. The lowest BCUT2D eigenvalue weighted by Gasteiger charge is -2.26. The van der Waals surface area contributed by atoms with Crippen LogP contribution in [0, 0.1) is 0 Å². The van der Waals surface area contributed by atoms with Crippen LogP contribution >= 0.6 is 0 Å². The molecule has 1 amide bonds. The van der Waals surface area contributed by atoms with Gasteiger partial charge in [-0.3, -0.25) is 9.78 Å². The van der Waals surface area contributed by atoms with Crippen molar-refractivity contribution >= 4 is 5.91 Å². The molecule has 0 radical (unpaired) electrons. The Balaban J connectivity index is 1.70. The van der Waals surface area contributed by atoms with Crippen molar-refractivity contribution in [2.24, 2.45) is 0 Å². The van der Waals surface area contributed by atoms with E-state index in [0.29, 0.717) is 11.6 Å². The molecule has 1 aromatic carbocycles. The van der Waals surface area contributed by atoms with Crippen LogP contribution in [-0.2, 0) is 6.42 Å². The van der Waals surface area contributed by atoms with Gasteiger partial charge in [0.1, 0.15) is 0 Å². The van der Waals surface area contributed by atoms with Crippen LogP contribution in [0.4, 0.5) is 0 Å². The molecule has 20 heavy (non-hydrogen) atoms. The first-order valence-electron chi connectivity index (χ1n) is 7.11. The smallest absolute Gasteiger partial charge is 0.251 e. The van der Waals surface area contributed by atoms with Crippen molar-refractivity contribution in [3.63, 3.8) is 0 Å². The molecule has 1 N–H and O–H groups in total. The number of carbonyl (C=O) groups is 1. The number of amides is 1. The Bertz CT molecular complexity index is 591. The highest BCUT2D eigenvalue weighted by molar-refractivity contribution is 5.94. The van der Waals surface area contributed by atoms with Gasteiger partial charge in [0, 0.05) is 29.9 Å². The van der Waals surface area contributed by atoms with Crippen molar-refractivity contribution in [2.45, 2.75) is 31.7 Å². The van der Waals surface area contributed by atoms with Crippen LogP contribution in [0.2, 0.25) is 0 Å². The Kier molecular flexibility index (Phi) is 3.77. The molecule has 2 aromatic rings. The van der Waals surface area contributed by atoms with Gasteiger partial charge in [-0.05, 0) is 37.0 Å². The number of hydrogen-bond acceptors (Lipinski definition) is 2. The zero-order chi connectivity index (χ0) is 13.8. The lowest BCUT2D eigenvalue weighted by molar-refractivity contribution is 0.0916. The molecule has 0 atom stereocenters. The van der Waals surface area contributed by atoms with Crippen molar-refractivity contribution in [2.75, 3.05) is 0 Å². The molecule has 1 fully saturated rings. The van der Waals surface area contributed by atoms with E-state index < -0.39 is 0 Å². The molecule has 1 aliphatic rings. The van der Waals surface area contributed by atoms with Crippen LogP contribution in [0.15, 0.2) is 48.7 Å². The first kappa shape index (κ1) is 12.9. The van der Waals surface area contributed by atoms with E-state index in [1.54, 1.807) is 12.3 Å². The average molecular weight is 266 g/mol. The second-order valence-electron chi connectivity index (χ2n) is 5.30. The number of rotatable bonds is 4. The molecule has 1 aromatic heterocycles. The van der Waals surface area contributed by atoms with Crippen LogP contribution in [0.3, 0.4) is 0 Å². The molecule has 3 heteroatoms. The first-order chi connectivity index (χ1) is 9.81. The van der Waals surface area contributed by atoms with Gasteiger partial charge in [-0.25, -0.2) is 0 Å². The van der Waals surface area contributed by atoms with Crippen molar-refractivity contribution in [1.82, 2.24) is 10.3 Å². The second kappa shape index (κ2) is 5.87. The lowest BCUT2D eigenvalue weighted by atomic mass is 9.93. The molecule has 0 spiro atoms. The summed E-state index contributed by atoms with van der Waals surface area (Å²) >= 11 is 0. The standard InChI is InChI=1S/C17H18N2O/c20-17(19-15-7-4-8-15)14-9-10-18-16(12-14)11-13-5-2-1-3-6-13/h1-3,5-6,9-10,12,15H,4,7-8,11H2,(H,19,20). The molecule has 0 aliphatic heterocycles. The molecule has 3 rings (SSSR count). The molecule has 1 heterocycles. The maximum Gasteiger partial charge on any atom is 0.251 e. The van der Waals surface area contributed by atoms with Crippen molar-refractivity contribution in [1.29, 1.82) is 0 Å². The fraction of sp³-hybridized carbons (Fsp3) is 0.294. The van der Waals surface area contributed by atoms with Crippen molar-refractivity contribution in [3.8, 4) is 0 Å². The molecule has 1 saturated carbocycles. The van der Waals surface area contributed by atoms with Gasteiger partial charge < -0.3 is 5.32 Å². The van der Waals surface area contributed by atoms with Crippen molar-refractivity contribution in [3.05, 3.63) is 65.5 Å². The summed E-state index contributed by atoms with van der Waals surface area (Å²) in [5.41, 5.74) is 2.84. The third-order valence-electron chi connectivity index (χ3n) is 3.75. The topological polar surface area (TPSA) is 42.0 Å². The van der Waals surface area contributed by atoms with Crippen LogP contribution in [0.1, 0.15) is 40.9 Å². The lowest BCUT2D eigenvalue weighted by Crippen LogP contribution is -2.39. The Hall–Kier alpha value is -2.16. The fourth-order valence-electron chi connectivity index (χ4n) is 2.34. The first-order valence-corrected chi connectivity index (χ1v) is 7.11.